The van der Waals surface area contributed by atoms with Crippen LogP contribution in [0.2, 0.25) is 0 Å². The van der Waals surface area contributed by atoms with Gasteiger partial charge in [-0.25, -0.2) is 9.59 Å². The van der Waals surface area contributed by atoms with Crippen molar-refractivity contribution in [3.05, 3.63) is 46.0 Å². The van der Waals surface area contributed by atoms with Crippen LogP contribution in [0.15, 0.2) is 39.3 Å². The van der Waals surface area contributed by atoms with Gasteiger partial charge in [0.15, 0.2) is 0 Å². The maximum Gasteiger partial charge on any atom is 0.335 e. The molecule has 39 heavy (non-hydrogen) atoms. The van der Waals surface area contributed by atoms with Crippen LogP contribution in [0.25, 0.3) is 0 Å². The Morgan fingerprint density at radius 3 is 2.69 bits per heavy atom. The van der Waals surface area contributed by atoms with Gasteiger partial charge in [-0.15, -0.1) is 0 Å². The van der Waals surface area contributed by atoms with E-state index in [1.54, 1.807) is 6.26 Å². The number of likely N-dealkylation sites (tertiary alicyclic amines) is 1. The third-order valence-electron chi connectivity index (χ3n) is 11.7. The number of amides is 2. The Morgan fingerprint density at radius 1 is 1.10 bits per heavy atom. The van der Waals surface area contributed by atoms with Crippen LogP contribution in [0.5, 0.6) is 0 Å². The third kappa shape index (κ3) is 4.56. The lowest BCUT2D eigenvalue weighted by Gasteiger charge is -2.62. The average Bonchev–Trinajstić information content (AvgIpc) is 3.44. The van der Waals surface area contributed by atoms with E-state index in [2.05, 4.69) is 35.5 Å². The van der Waals surface area contributed by atoms with Gasteiger partial charge in [0, 0.05) is 43.7 Å². The quantitative estimate of drug-likeness (QED) is 0.426. The number of hydrogen-bond donors (Lipinski definition) is 4. The number of allylic oxidation sites excluding steroid dienone is 1. The van der Waals surface area contributed by atoms with Crippen LogP contribution in [0.3, 0.4) is 0 Å². The number of aliphatic hydroxyl groups is 2. The van der Waals surface area contributed by atoms with Crippen molar-refractivity contribution in [3.8, 4) is 0 Å². The molecule has 4 aliphatic carbocycles. The molecule has 2 amide bonds. The van der Waals surface area contributed by atoms with Crippen molar-refractivity contribution in [1.29, 1.82) is 0 Å². The molecule has 1 aromatic rings. The summed E-state index contributed by atoms with van der Waals surface area (Å²) in [6.07, 6.45) is 12.2. The van der Waals surface area contributed by atoms with Gasteiger partial charge in [0.05, 0.1) is 18.0 Å². The number of urea groups is 1. The van der Waals surface area contributed by atoms with Gasteiger partial charge in [-0.05, 0) is 92.6 Å². The number of β-amino-alcohol motifs (C(OH)–C–C–N with tert-alkyl or cyclic N) is 1. The Bertz CT molecular complexity index is 1160. The van der Waals surface area contributed by atoms with E-state index in [4.69, 9.17) is 4.42 Å². The highest BCUT2D eigenvalue weighted by atomic mass is 16.4. The van der Waals surface area contributed by atoms with Gasteiger partial charge >= 0.3 is 11.7 Å². The van der Waals surface area contributed by atoms with E-state index < -0.39 is 5.60 Å². The molecular weight excluding hydrogens is 494 g/mol. The first-order valence-electron chi connectivity index (χ1n) is 15.1. The van der Waals surface area contributed by atoms with Crippen LogP contribution in [-0.4, -0.2) is 65.1 Å². The average molecular weight is 540 g/mol. The molecule has 4 N–H and O–H groups in total. The lowest BCUT2D eigenvalue weighted by Crippen LogP contribution is -2.60. The molecule has 0 aromatic carbocycles. The zero-order valence-corrected chi connectivity index (χ0v) is 23.5. The summed E-state index contributed by atoms with van der Waals surface area (Å²) in [6.45, 7) is 7.60. The second-order valence-electron chi connectivity index (χ2n) is 13.5. The highest BCUT2D eigenvalue weighted by Crippen LogP contribution is 2.70. The van der Waals surface area contributed by atoms with E-state index in [0.717, 1.165) is 76.4 Å². The fourth-order valence-electron chi connectivity index (χ4n) is 9.48. The monoisotopic (exact) mass is 539 g/mol. The third-order valence-corrected chi connectivity index (χ3v) is 11.7. The zero-order valence-electron chi connectivity index (χ0n) is 23.5. The Labute approximate surface area is 231 Å². The first kappa shape index (κ1) is 27.0. The molecule has 1 saturated heterocycles. The van der Waals surface area contributed by atoms with E-state index in [0.29, 0.717) is 19.0 Å². The number of carbonyl (C=O) groups excluding carboxylic acids is 1. The van der Waals surface area contributed by atoms with Crippen LogP contribution in [0.4, 0.5) is 4.79 Å². The lowest BCUT2D eigenvalue weighted by atomic mass is 9.45. The summed E-state index contributed by atoms with van der Waals surface area (Å²) in [7, 11) is 0. The van der Waals surface area contributed by atoms with Crippen LogP contribution >= 0.6 is 0 Å². The number of carbonyl (C=O) groups is 1. The van der Waals surface area contributed by atoms with Gasteiger partial charge in [-0.3, -0.25) is 4.90 Å². The van der Waals surface area contributed by atoms with Crippen molar-refractivity contribution >= 4 is 6.03 Å². The van der Waals surface area contributed by atoms with Crippen LogP contribution in [0, 0.1) is 22.7 Å². The Hall–Kier alpha value is -2.16. The second kappa shape index (κ2) is 10.0. The van der Waals surface area contributed by atoms with E-state index >= 15 is 0 Å². The van der Waals surface area contributed by atoms with Crippen molar-refractivity contribution in [2.75, 3.05) is 26.2 Å². The molecule has 8 heteroatoms. The molecule has 0 radical (unpaired) electrons. The highest BCUT2D eigenvalue weighted by molar-refractivity contribution is 5.74. The van der Waals surface area contributed by atoms with Crippen molar-refractivity contribution in [3.63, 3.8) is 0 Å². The predicted octanol–water partition coefficient (Wildman–Crippen LogP) is 3.54. The SMILES string of the molecule is C[C@]12CC[C@H](NC(=O)NCCN3CC[C@@H](O)C3)C=C1CC[C@@H]1[C@@H]2CC[C@]2(C)[C@@H](c3ccc(=O)oc3)CC[C@]12O. The number of rotatable bonds is 5. The number of fused-ring (bicyclic) bond motifs is 5. The van der Waals surface area contributed by atoms with Gasteiger partial charge < -0.3 is 25.3 Å². The fourth-order valence-corrected chi connectivity index (χ4v) is 9.48. The summed E-state index contributed by atoms with van der Waals surface area (Å²) in [5.74, 6) is 0.899. The number of aliphatic hydroxyl groups excluding tert-OH is 1. The second-order valence-corrected chi connectivity index (χ2v) is 13.5. The molecule has 3 saturated carbocycles. The number of nitrogens with zero attached hydrogens (tertiary/aromatic N) is 1. The standard InChI is InChI=1S/C31H45N3O5/c1-29-11-7-22(33-28(37)32-14-16-34-15-10-23(35)18-34)17-21(29)4-5-26-25(29)8-12-30(2)24(9-13-31(26,30)38)20-3-6-27(36)39-19-20/h3,6,17,19,22-26,35,38H,4-5,7-16,18H2,1-2H3,(H2,32,33,37)/t22-,23+,24+,25-,26+,29-,30+,31-/m0/s1. The zero-order chi connectivity index (χ0) is 27.4. The summed E-state index contributed by atoms with van der Waals surface area (Å²) in [5.41, 5.74) is 1.28. The minimum atomic E-state index is -0.717. The van der Waals surface area contributed by atoms with Crippen LogP contribution < -0.4 is 16.3 Å². The highest BCUT2D eigenvalue weighted by Gasteiger charge is 2.66. The maximum absolute atomic E-state index is 12.6. The van der Waals surface area contributed by atoms with Crippen LogP contribution in [-0.2, 0) is 0 Å². The molecule has 6 rings (SSSR count). The Balaban J connectivity index is 1.11. The molecule has 1 aromatic heterocycles. The topological polar surface area (TPSA) is 115 Å². The van der Waals surface area contributed by atoms with E-state index in [1.165, 1.54) is 11.6 Å². The Kier molecular flexibility index (Phi) is 6.96. The maximum atomic E-state index is 12.6. The summed E-state index contributed by atoms with van der Waals surface area (Å²) < 4.78 is 5.22. The molecule has 8 nitrogen and oxygen atoms in total. The molecular formula is C31H45N3O5. The van der Waals surface area contributed by atoms with Gasteiger partial charge in [-0.2, -0.15) is 0 Å². The molecule has 1 aliphatic heterocycles. The van der Waals surface area contributed by atoms with Gasteiger partial charge in [0.1, 0.15) is 0 Å². The van der Waals surface area contributed by atoms with Crippen molar-refractivity contribution < 1.29 is 19.4 Å². The van der Waals surface area contributed by atoms with Crippen molar-refractivity contribution in [2.24, 2.45) is 22.7 Å². The van der Waals surface area contributed by atoms with E-state index in [9.17, 15) is 19.8 Å². The number of hydrogen-bond acceptors (Lipinski definition) is 6. The molecule has 2 heterocycles. The Morgan fingerprint density at radius 2 is 1.95 bits per heavy atom. The van der Waals surface area contributed by atoms with Gasteiger partial charge in [0.2, 0.25) is 0 Å². The summed E-state index contributed by atoms with van der Waals surface area (Å²) in [5, 5.41) is 28.3. The summed E-state index contributed by atoms with van der Waals surface area (Å²) >= 11 is 0. The summed E-state index contributed by atoms with van der Waals surface area (Å²) in [4.78, 5) is 26.3. The fraction of sp³-hybridized carbons (Fsp3) is 0.742. The van der Waals surface area contributed by atoms with E-state index in [1.807, 2.05) is 6.07 Å². The molecule has 0 spiro atoms. The molecule has 214 valence electrons. The minimum absolute atomic E-state index is 0.0405. The first-order chi connectivity index (χ1) is 18.6. The van der Waals surface area contributed by atoms with Gasteiger partial charge in [0.25, 0.3) is 0 Å². The minimum Gasteiger partial charge on any atom is -0.431 e. The number of nitrogens with one attached hydrogen (secondary N) is 2. The largest absolute Gasteiger partial charge is 0.431 e. The van der Waals surface area contributed by atoms with E-state index in [-0.39, 0.29) is 46.5 Å². The first-order valence-corrected chi connectivity index (χ1v) is 15.1. The smallest absolute Gasteiger partial charge is 0.335 e. The predicted molar refractivity (Wildman–Crippen MR) is 148 cm³/mol. The summed E-state index contributed by atoms with van der Waals surface area (Å²) in [6, 6.07) is 3.32. The molecule has 8 atom stereocenters. The van der Waals surface area contributed by atoms with Crippen molar-refractivity contribution in [2.45, 2.75) is 95.3 Å². The normalized spacial score (nSPS) is 41.7. The molecule has 0 unspecified atom stereocenters. The molecule has 0 bridgehead atoms. The van der Waals surface area contributed by atoms with Crippen molar-refractivity contribution in [1.82, 2.24) is 15.5 Å². The van der Waals surface area contributed by atoms with Gasteiger partial charge in [-0.1, -0.05) is 25.5 Å². The lowest BCUT2D eigenvalue weighted by molar-refractivity contribution is -0.177. The van der Waals surface area contributed by atoms with Crippen LogP contribution in [0.1, 0.15) is 83.1 Å². The molecule has 5 aliphatic rings. The molecule has 4 fully saturated rings.